The molecule has 0 amide bonds. The smallest absolute Gasteiger partial charge is 0.124 e. The Morgan fingerprint density at radius 2 is 2.05 bits per heavy atom. The Bertz CT molecular complexity index is 636. The van der Waals surface area contributed by atoms with Crippen LogP contribution in [0.15, 0.2) is 51.9 Å². The summed E-state index contributed by atoms with van der Waals surface area (Å²) in [5.74, 6) is 0.262. The van der Waals surface area contributed by atoms with Crippen LogP contribution >= 0.6 is 15.9 Å². The molecular formula is C16H14BrNO. The van der Waals surface area contributed by atoms with Crippen molar-refractivity contribution in [3.05, 3.63) is 63.6 Å². The molecular weight excluding hydrogens is 302 g/mol. The van der Waals surface area contributed by atoms with Crippen LogP contribution in [0.3, 0.4) is 0 Å². The highest BCUT2D eigenvalue weighted by atomic mass is 79.9. The van der Waals surface area contributed by atoms with Gasteiger partial charge in [-0.2, -0.15) is 0 Å². The maximum absolute atomic E-state index is 9.79. The van der Waals surface area contributed by atoms with E-state index in [-0.39, 0.29) is 11.8 Å². The van der Waals surface area contributed by atoms with Crippen molar-refractivity contribution in [1.29, 1.82) is 0 Å². The maximum atomic E-state index is 9.79. The van der Waals surface area contributed by atoms with E-state index in [9.17, 15) is 5.11 Å². The Hall–Kier alpha value is -1.61. The molecule has 1 unspecified atom stereocenters. The molecule has 1 aliphatic rings. The van der Waals surface area contributed by atoms with Gasteiger partial charge < -0.3 is 5.11 Å². The Balaban J connectivity index is 1.86. The fourth-order valence-corrected chi connectivity index (χ4v) is 2.87. The molecule has 3 heteroatoms. The van der Waals surface area contributed by atoms with Crippen LogP contribution in [0.2, 0.25) is 0 Å². The van der Waals surface area contributed by atoms with E-state index < -0.39 is 0 Å². The topological polar surface area (TPSA) is 32.6 Å². The molecule has 0 fully saturated rings. The SMILES string of the molecule is Oc1ccc(Br)cc1C=NC1CCc2ccccc21. The average molecular weight is 316 g/mol. The number of halogens is 1. The largest absolute Gasteiger partial charge is 0.507 e. The number of hydrogen-bond acceptors (Lipinski definition) is 2. The van der Waals surface area contributed by atoms with E-state index in [1.807, 2.05) is 12.1 Å². The quantitative estimate of drug-likeness (QED) is 0.825. The normalized spacial score (nSPS) is 17.8. The van der Waals surface area contributed by atoms with E-state index in [4.69, 9.17) is 0 Å². The van der Waals surface area contributed by atoms with E-state index in [1.165, 1.54) is 11.1 Å². The predicted octanol–water partition coefficient (Wildman–Crippen LogP) is 4.26. The summed E-state index contributed by atoms with van der Waals surface area (Å²) in [4.78, 5) is 4.63. The number of hydrogen-bond donors (Lipinski definition) is 1. The summed E-state index contributed by atoms with van der Waals surface area (Å²) < 4.78 is 0.943. The van der Waals surface area contributed by atoms with Crippen LogP contribution in [-0.4, -0.2) is 11.3 Å². The number of phenols is 1. The number of nitrogens with zero attached hydrogens (tertiary/aromatic N) is 1. The van der Waals surface area contributed by atoms with Gasteiger partial charge in [-0.3, -0.25) is 4.99 Å². The van der Waals surface area contributed by atoms with Crippen LogP contribution < -0.4 is 0 Å². The highest BCUT2D eigenvalue weighted by Crippen LogP contribution is 2.34. The van der Waals surface area contributed by atoms with Gasteiger partial charge in [0.2, 0.25) is 0 Å². The molecule has 1 N–H and O–H groups in total. The molecule has 0 aliphatic heterocycles. The molecule has 2 nitrogen and oxygen atoms in total. The van der Waals surface area contributed by atoms with Crippen LogP contribution in [0.25, 0.3) is 0 Å². The van der Waals surface area contributed by atoms with Crippen molar-refractivity contribution in [2.75, 3.05) is 0 Å². The zero-order valence-electron chi connectivity index (χ0n) is 10.4. The molecule has 0 saturated carbocycles. The Labute approximate surface area is 120 Å². The molecule has 2 aromatic rings. The maximum Gasteiger partial charge on any atom is 0.124 e. The van der Waals surface area contributed by atoms with Gasteiger partial charge in [0.15, 0.2) is 0 Å². The molecule has 96 valence electrons. The highest BCUT2D eigenvalue weighted by molar-refractivity contribution is 9.10. The lowest BCUT2D eigenvalue weighted by Gasteiger charge is -2.06. The lowest BCUT2D eigenvalue weighted by atomic mass is 10.1. The standard InChI is InChI=1S/C16H14BrNO/c17-13-6-8-16(19)12(9-13)10-18-15-7-5-11-3-1-2-4-14(11)15/h1-4,6,8-10,15,19H,5,7H2. The van der Waals surface area contributed by atoms with Gasteiger partial charge in [0, 0.05) is 16.3 Å². The second-order valence-electron chi connectivity index (χ2n) is 4.73. The summed E-state index contributed by atoms with van der Waals surface area (Å²) in [5, 5.41) is 9.79. The van der Waals surface area contributed by atoms with E-state index in [1.54, 1.807) is 12.3 Å². The first-order valence-electron chi connectivity index (χ1n) is 6.33. The van der Waals surface area contributed by atoms with Gasteiger partial charge in [0.1, 0.15) is 5.75 Å². The molecule has 1 aliphatic carbocycles. The van der Waals surface area contributed by atoms with Crippen LogP contribution in [0.4, 0.5) is 0 Å². The minimum absolute atomic E-state index is 0.217. The first-order chi connectivity index (χ1) is 9.24. The van der Waals surface area contributed by atoms with Gasteiger partial charge in [-0.15, -0.1) is 0 Å². The number of rotatable bonds is 2. The summed E-state index contributed by atoms with van der Waals surface area (Å²) >= 11 is 3.40. The van der Waals surface area contributed by atoms with E-state index >= 15 is 0 Å². The zero-order chi connectivity index (χ0) is 13.2. The number of aromatic hydroxyl groups is 1. The number of aliphatic imine (C=N–C) groups is 1. The van der Waals surface area contributed by atoms with E-state index in [0.29, 0.717) is 0 Å². The number of fused-ring (bicyclic) bond motifs is 1. The van der Waals surface area contributed by atoms with Crippen molar-refractivity contribution in [3.63, 3.8) is 0 Å². The molecule has 1 atom stereocenters. The number of benzene rings is 2. The molecule has 0 radical (unpaired) electrons. The Kier molecular flexibility index (Phi) is 3.38. The van der Waals surface area contributed by atoms with Crippen molar-refractivity contribution in [2.45, 2.75) is 18.9 Å². The summed E-state index contributed by atoms with van der Waals surface area (Å²) in [7, 11) is 0. The van der Waals surface area contributed by atoms with Crippen LogP contribution in [-0.2, 0) is 6.42 Å². The van der Waals surface area contributed by atoms with Gasteiger partial charge in [0.25, 0.3) is 0 Å². The van der Waals surface area contributed by atoms with Gasteiger partial charge >= 0.3 is 0 Å². The zero-order valence-corrected chi connectivity index (χ0v) is 12.0. The minimum atomic E-state index is 0.217. The fourth-order valence-electron chi connectivity index (χ4n) is 2.49. The molecule has 0 spiro atoms. The van der Waals surface area contributed by atoms with Crippen molar-refractivity contribution in [1.82, 2.24) is 0 Å². The van der Waals surface area contributed by atoms with Crippen molar-refractivity contribution >= 4 is 22.1 Å². The van der Waals surface area contributed by atoms with Crippen LogP contribution in [0, 0.1) is 0 Å². The average Bonchev–Trinajstić information content (AvgIpc) is 2.83. The van der Waals surface area contributed by atoms with Crippen molar-refractivity contribution in [3.8, 4) is 5.75 Å². The fraction of sp³-hybridized carbons (Fsp3) is 0.188. The summed E-state index contributed by atoms with van der Waals surface area (Å²) in [6, 6.07) is 14.0. The summed E-state index contributed by atoms with van der Waals surface area (Å²) in [5.41, 5.74) is 3.45. The predicted molar refractivity (Wildman–Crippen MR) is 80.9 cm³/mol. The lowest BCUT2D eigenvalue weighted by Crippen LogP contribution is -1.91. The molecule has 2 aromatic carbocycles. The third-order valence-corrected chi connectivity index (χ3v) is 3.98. The van der Waals surface area contributed by atoms with Gasteiger partial charge in [-0.05, 0) is 42.2 Å². The second-order valence-corrected chi connectivity index (χ2v) is 5.65. The third-order valence-electron chi connectivity index (χ3n) is 3.48. The number of phenolic OH excluding ortho intramolecular Hbond substituents is 1. The third kappa shape index (κ3) is 2.56. The van der Waals surface area contributed by atoms with Crippen molar-refractivity contribution < 1.29 is 5.11 Å². The lowest BCUT2D eigenvalue weighted by molar-refractivity contribution is 0.474. The molecule has 3 rings (SSSR count). The van der Waals surface area contributed by atoms with Gasteiger partial charge in [0.05, 0.1) is 6.04 Å². The highest BCUT2D eigenvalue weighted by Gasteiger charge is 2.20. The van der Waals surface area contributed by atoms with Crippen LogP contribution in [0.1, 0.15) is 29.2 Å². The molecule has 0 bridgehead atoms. The molecule has 0 heterocycles. The summed E-state index contributed by atoms with van der Waals surface area (Å²) in [6.45, 7) is 0. The van der Waals surface area contributed by atoms with E-state index in [2.05, 4.69) is 45.2 Å². The molecule has 0 aromatic heterocycles. The van der Waals surface area contributed by atoms with Gasteiger partial charge in [-0.1, -0.05) is 40.2 Å². The number of aryl methyl sites for hydroxylation is 1. The second kappa shape index (κ2) is 5.17. The van der Waals surface area contributed by atoms with Crippen molar-refractivity contribution in [2.24, 2.45) is 4.99 Å². The minimum Gasteiger partial charge on any atom is -0.507 e. The monoisotopic (exact) mass is 315 g/mol. The first-order valence-corrected chi connectivity index (χ1v) is 7.13. The molecule has 0 saturated heterocycles. The van der Waals surface area contributed by atoms with Gasteiger partial charge in [-0.25, -0.2) is 0 Å². The van der Waals surface area contributed by atoms with Crippen LogP contribution in [0.5, 0.6) is 5.75 Å². The summed E-state index contributed by atoms with van der Waals surface area (Å²) in [6.07, 6.45) is 3.90. The Morgan fingerprint density at radius 3 is 2.95 bits per heavy atom. The molecule has 19 heavy (non-hydrogen) atoms. The van der Waals surface area contributed by atoms with E-state index in [0.717, 1.165) is 22.9 Å². The Morgan fingerprint density at radius 1 is 1.21 bits per heavy atom. The first kappa shape index (κ1) is 12.4.